The zero-order valence-electron chi connectivity index (χ0n) is 9.20. The average Bonchev–Trinajstić information content (AvgIpc) is 2.74. The molecule has 2 rings (SSSR count). The lowest BCUT2D eigenvalue weighted by Gasteiger charge is -2.13. The van der Waals surface area contributed by atoms with Crippen molar-refractivity contribution in [3.8, 4) is 0 Å². The fourth-order valence-electron chi connectivity index (χ4n) is 2.11. The van der Waals surface area contributed by atoms with E-state index in [1.54, 1.807) is 18.2 Å². The number of carbonyl (C=O) groups excluding carboxylic acids is 1. The van der Waals surface area contributed by atoms with Crippen LogP contribution in [-0.2, 0) is 0 Å². The number of benzene rings is 1. The fourth-order valence-corrected chi connectivity index (χ4v) is 2.11. The van der Waals surface area contributed by atoms with Gasteiger partial charge in [0.25, 0.3) is 5.91 Å². The summed E-state index contributed by atoms with van der Waals surface area (Å²) < 4.78 is 0. The van der Waals surface area contributed by atoms with Crippen molar-refractivity contribution in [3.63, 3.8) is 0 Å². The fraction of sp³-hybridized carbons (Fsp3) is 0.417. The van der Waals surface area contributed by atoms with E-state index in [0.717, 1.165) is 12.8 Å². The lowest BCUT2D eigenvalue weighted by molar-refractivity contribution is 0.0939. The van der Waals surface area contributed by atoms with Gasteiger partial charge in [-0.3, -0.25) is 4.79 Å². The van der Waals surface area contributed by atoms with Crippen LogP contribution in [0.3, 0.4) is 0 Å². The molecule has 0 atom stereocenters. The molecule has 1 fully saturated rings. The summed E-state index contributed by atoms with van der Waals surface area (Å²) in [5.41, 5.74) is 12.7. The maximum Gasteiger partial charge on any atom is 0.253 e. The van der Waals surface area contributed by atoms with Crippen LogP contribution in [0.4, 0.5) is 11.4 Å². The smallest absolute Gasteiger partial charge is 0.253 e. The van der Waals surface area contributed by atoms with E-state index in [1.807, 2.05) is 0 Å². The highest BCUT2D eigenvalue weighted by Crippen LogP contribution is 2.21. The van der Waals surface area contributed by atoms with Crippen molar-refractivity contribution in [2.24, 2.45) is 0 Å². The summed E-state index contributed by atoms with van der Waals surface area (Å²) in [7, 11) is 0. The number of anilines is 2. The number of hydrogen-bond donors (Lipinski definition) is 3. The molecule has 5 N–H and O–H groups in total. The molecule has 0 unspecified atom stereocenters. The Kier molecular flexibility index (Phi) is 2.99. The van der Waals surface area contributed by atoms with E-state index in [4.69, 9.17) is 11.5 Å². The molecule has 0 saturated heterocycles. The molecule has 0 bridgehead atoms. The second kappa shape index (κ2) is 4.43. The van der Waals surface area contributed by atoms with Gasteiger partial charge in [-0.2, -0.15) is 0 Å². The van der Waals surface area contributed by atoms with E-state index in [0.29, 0.717) is 23.0 Å². The quantitative estimate of drug-likeness (QED) is 0.660. The molecule has 0 spiro atoms. The Morgan fingerprint density at radius 3 is 2.62 bits per heavy atom. The molecule has 0 radical (unpaired) electrons. The number of nitrogens with two attached hydrogens (primary N) is 2. The summed E-state index contributed by atoms with van der Waals surface area (Å²) in [5.74, 6) is -0.114. The van der Waals surface area contributed by atoms with Gasteiger partial charge in [0.2, 0.25) is 0 Å². The maximum atomic E-state index is 11.9. The highest BCUT2D eigenvalue weighted by molar-refractivity contribution is 6.01. The van der Waals surface area contributed by atoms with E-state index >= 15 is 0 Å². The molecule has 1 aromatic carbocycles. The Hall–Kier alpha value is -1.71. The van der Waals surface area contributed by atoms with Gasteiger partial charge >= 0.3 is 0 Å². The van der Waals surface area contributed by atoms with Gasteiger partial charge in [-0.25, -0.2) is 0 Å². The van der Waals surface area contributed by atoms with Crippen molar-refractivity contribution in [1.29, 1.82) is 0 Å². The summed E-state index contributed by atoms with van der Waals surface area (Å²) in [4.78, 5) is 11.9. The van der Waals surface area contributed by atoms with Crippen LogP contribution in [0.25, 0.3) is 0 Å². The van der Waals surface area contributed by atoms with Crippen LogP contribution in [0.1, 0.15) is 36.0 Å². The van der Waals surface area contributed by atoms with E-state index in [-0.39, 0.29) is 5.91 Å². The zero-order chi connectivity index (χ0) is 11.5. The van der Waals surface area contributed by atoms with Gasteiger partial charge in [0.1, 0.15) is 0 Å². The number of amides is 1. The van der Waals surface area contributed by atoms with Gasteiger partial charge in [-0.1, -0.05) is 18.9 Å². The van der Waals surface area contributed by atoms with Gasteiger partial charge in [0.05, 0.1) is 16.9 Å². The zero-order valence-corrected chi connectivity index (χ0v) is 9.20. The predicted octanol–water partition coefficient (Wildman–Crippen LogP) is 1.52. The molecule has 4 heteroatoms. The molecule has 0 aromatic heterocycles. The van der Waals surface area contributed by atoms with Crippen molar-refractivity contribution in [1.82, 2.24) is 5.32 Å². The second-order valence-corrected chi connectivity index (χ2v) is 4.26. The largest absolute Gasteiger partial charge is 0.397 e. The summed E-state index contributed by atoms with van der Waals surface area (Å²) in [6, 6.07) is 5.45. The molecule has 1 aliphatic carbocycles. The molecule has 4 nitrogen and oxygen atoms in total. The Labute approximate surface area is 95.0 Å². The van der Waals surface area contributed by atoms with Crippen LogP contribution in [0.15, 0.2) is 18.2 Å². The third-order valence-electron chi connectivity index (χ3n) is 3.07. The topological polar surface area (TPSA) is 81.1 Å². The number of rotatable bonds is 2. The van der Waals surface area contributed by atoms with Gasteiger partial charge in [-0.05, 0) is 25.0 Å². The van der Waals surface area contributed by atoms with E-state index in [2.05, 4.69) is 5.32 Å². The lowest BCUT2D eigenvalue weighted by atomic mass is 10.1. The van der Waals surface area contributed by atoms with E-state index in [9.17, 15) is 4.79 Å². The molecule has 1 saturated carbocycles. The minimum Gasteiger partial charge on any atom is -0.397 e. The minimum atomic E-state index is -0.114. The first-order valence-corrected chi connectivity index (χ1v) is 5.63. The maximum absolute atomic E-state index is 11.9. The highest BCUT2D eigenvalue weighted by Gasteiger charge is 2.19. The third-order valence-corrected chi connectivity index (χ3v) is 3.07. The van der Waals surface area contributed by atoms with E-state index in [1.165, 1.54) is 12.8 Å². The van der Waals surface area contributed by atoms with Crippen molar-refractivity contribution >= 4 is 17.3 Å². The first-order chi connectivity index (χ1) is 7.68. The molecular weight excluding hydrogens is 202 g/mol. The Morgan fingerprint density at radius 2 is 1.94 bits per heavy atom. The summed E-state index contributed by atoms with van der Waals surface area (Å²) in [5, 5.41) is 2.99. The molecular formula is C12H17N3O. The molecule has 1 aromatic rings. The van der Waals surface area contributed by atoms with Crippen molar-refractivity contribution in [3.05, 3.63) is 23.8 Å². The van der Waals surface area contributed by atoms with Crippen LogP contribution < -0.4 is 16.8 Å². The highest BCUT2D eigenvalue weighted by atomic mass is 16.1. The Morgan fingerprint density at radius 1 is 1.25 bits per heavy atom. The second-order valence-electron chi connectivity index (χ2n) is 4.26. The molecule has 86 valence electrons. The molecule has 0 aliphatic heterocycles. The monoisotopic (exact) mass is 219 g/mol. The summed E-state index contributed by atoms with van der Waals surface area (Å²) in [6.45, 7) is 0. The molecule has 0 heterocycles. The van der Waals surface area contributed by atoms with Gasteiger partial charge in [0.15, 0.2) is 0 Å². The summed E-state index contributed by atoms with van der Waals surface area (Å²) >= 11 is 0. The van der Waals surface area contributed by atoms with Crippen LogP contribution in [0, 0.1) is 0 Å². The normalized spacial score (nSPS) is 16.2. The first kappa shape index (κ1) is 10.8. The number of nitrogens with one attached hydrogen (secondary N) is 1. The third kappa shape index (κ3) is 2.10. The first-order valence-electron chi connectivity index (χ1n) is 5.63. The minimum absolute atomic E-state index is 0.114. The number of carbonyl (C=O) groups is 1. The van der Waals surface area contributed by atoms with Crippen LogP contribution >= 0.6 is 0 Å². The predicted molar refractivity (Wildman–Crippen MR) is 65.0 cm³/mol. The van der Waals surface area contributed by atoms with Gasteiger partial charge in [-0.15, -0.1) is 0 Å². The van der Waals surface area contributed by atoms with Crippen molar-refractivity contribution in [2.75, 3.05) is 11.5 Å². The van der Waals surface area contributed by atoms with Crippen molar-refractivity contribution in [2.45, 2.75) is 31.7 Å². The SMILES string of the molecule is Nc1cccc(C(=O)NC2CCCC2)c1N. The van der Waals surface area contributed by atoms with Crippen LogP contribution in [-0.4, -0.2) is 11.9 Å². The van der Waals surface area contributed by atoms with Crippen LogP contribution in [0.5, 0.6) is 0 Å². The molecule has 1 amide bonds. The molecule has 1 aliphatic rings. The summed E-state index contributed by atoms with van der Waals surface area (Å²) in [6.07, 6.45) is 4.51. The van der Waals surface area contributed by atoms with Crippen LogP contribution in [0.2, 0.25) is 0 Å². The Bertz CT molecular complexity index is 397. The van der Waals surface area contributed by atoms with Gasteiger partial charge in [0, 0.05) is 6.04 Å². The van der Waals surface area contributed by atoms with Crippen molar-refractivity contribution < 1.29 is 4.79 Å². The number of nitrogen functional groups attached to an aromatic ring is 2. The Balaban J connectivity index is 2.11. The number of para-hydroxylation sites is 1. The standard InChI is InChI=1S/C12H17N3O/c13-10-7-3-6-9(11(10)14)12(16)15-8-4-1-2-5-8/h3,6-8H,1-2,4-5,13-14H2,(H,15,16). The lowest BCUT2D eigenvalue weighted by Crippen LogP contribution is -2.33. The number of hydrogen-bond acceptors (Lipinski definition) is 3. The molecule has 16 heavy (non-hydrogen) atoms. The average molecular weight is 219 g/mol. The van der Waals surface area contributed by atoms with E-state index < -0.39 is 0 Å². The van der Waals surface area contributed by atoms with Gasteiger partial charge < -0.3 is 16.8 Å².